The van der Waals surface area contributed by atoms with Gasteiger partial charge in [-0.2, -0.15) is 0 Å². The van der Waals surface area contributed by atoms with E-state index in [-0.39, 0.29) is 28.9 Å². The SMILES string of the molecule is CC(=O)N1CCc2cc(S(=O)(=O)C(C)CC(=O)N3CCN(c4ccccc4F)CC3)ccc21. The molecule has 2 aromatic rings. The van der Waals surface area contributed by atoms with Crippen LogP contribution >= 0.6 is 0 Å². The maximum Gasteiger partial charge on any atom is 0.224 e. The molecule has 0 saturated carbocycles. The van der Waals surface area contributed by atoms with Crippen molar-refractivity contribution >= 4 is 33.0 Å². The van der Waals surface area contributed by atoms with E-state index in [1.165, 1.54) is 19.1 Å². The summed E-state index contributed by atoms with van der Waals surface area (Å²) in [5, 5.41) is -0.877. The molecular weight excluding hydrogens is 445 g/mol. The van der Waals surface area contributed by atoms with Crippen LogP contribution in [0, 0.1) is 5.82 Å². The number of anilines is 2. The summed E-state index contributed by atoms with van der Waals surface area (Å²) >= 11 is 0. The van der Waals surface area contributed by atoms with Crippen LogP contribution in [0.4, 0.5) is 15.8 Å². The van der Waals surface area contributed by atoms with E-state index in [1.54, 1.807) is 47.1 Å². The summed E-state index contributed by atoms with van der Waals surface area (Å²) in [6.45, 7) is 5.40. The lowest BCUT2D eigenvalue weighted by Crippen LogP contribution is -2.49. The molecule has 0 bridgehead atoms. The van der Waals surface area contributed by atoms with Crippen molar-refractivity contribution in [3.8, 4) is 0 Å². The van der Waals surface area contributed by atoms with Crippen molar-refractivity contribution < 1.29 is 22.4 Å². The number of sulfone groups is 1. The third-order valence-corrected chi connectivity index (χ3v) is 8.61. The lowest BCUT2D eigenvalue weighted by molar-refractivity contribution is -0.131. The van der Waals surface area contributed by atoms with Gasteiger partial charge in [-0.25, -0.2) is 12.8 Å². The van der Waals surface area contributed by atoms with E-state index in [0.29, 0.717) is 44.8 Å². The number of halogens is 1. The fourth-order valence-electron chi connectivity index (χ4n) is 4.50. The van der Waals surface area contributed by atoms with Crippen molar-refractivity contribution in [1.29, 1.82) is 0 Å². The Kier molecular flexibility index (Phi) is 6.43. The number of hydrogen-bond donors (Lipinski definition) is 0. The average Bonchev–Trinajstić information content (AvgIpc) is 3.23. The van der Waals surface area contributed by atoms with Crippen molar-refractivity contribution in [2.75, 3.05) is 42.5 Å². The van der Waals surface area contributed by atoms with Gasteiger partial charge in [-0.3, -0.25) is 9.59 Å². The van der Waals surface area contributed by atoms with Crippen LogP contribution in [0.25, 0.3) is 0 Å². The molecule has 2 heterocycles. The van der Waals surface area contributed by atoms with E-state index in [4.69, 9.17) is 0 Å². The standard InChI is InChI=1S/C24H28FN3O4S/c1-17(33(31,32)20-7-8-22-19(16-20)9-10-28(22)18(2)29)15-24(30)27-13-11-26(12-14-27)23-6-4-3-5-21(23)25/h3-8,16-17H,9-15H2,1-2H3. The Balaban J connectivity index is 1.39. The highest BCUT2D eigenvalue weighted by Crippen LogP contribution is 2.32. The molecular formula is C24H28FN3O4S. The van der Waals surface area contributed by atoms with Crippen molar-refractivity contribution in [1.82, 2.24) is 4.90 Å². The first-order chi connectivity index (χ1) is 15.7. The van der Waals surface area contributed by atoms with E-state index in [1.807, 2.05) is 4.90 Å². The van der Waals surface area contributed by atoms with Crippen LogP contribution in [-0.2, 0) is 25.8 Å². The number of piperazine rings is 1. The summed E-state index contributed by atoms with van der Waals surface area (Å²) in [6.07, 6.45) is 0.497. The van der Waals surface area contributed by atoms with Crippen LogP contribution < -0.4 is 9.80 Å². The Morgan fingerprint density at radius 3 is 2.36 bits per heavy atom. The molecule has 1 atom stereocenters. The second-order valence-electron chi connectivity index (χ2n) is 8.59. The fourth-order valence-corrected chi connectivity index (χ4v) is 5.90. The molecule has 0 N–H and O–H groups in total. The number of carbonyl (C=O) groups excluding carboxylic acids is 2. The van der Waals surface area contributed by atoms with E-state index >= 15 is 0 Å². The lowest BCUT2D eigenvalue weighted by Gasteiger charge is -2.36. The minimum absolute atomic E-state index is 0.0709. The first kappa shape index (κ1) is 23.2. The van der Waals surface area contributed by atoms with E-state index in [9.17, 15) is 22.4 Å². The number of amides is 2. The highest BCUT2D eigenvalue weighted by atomic mass is 32.2. The normalized spacial score (nSPS) is 17.1. The number of para-hydroxylation sites is 1. The number of nitrogens with zero attached hydrogens (tertiary/aromatic N) is 3. The van der Waals surface area contributed by atoms with E-state index < -0.39 is 15.1 Å². The third-order valence-electron chi connectivity index (χ3n) is 6.47. The van der Waals surface area contributed by atoms with Crippen molar-refractivity contribution in [2.24, 2.45) is 0 Å². The van der Waals surface area contributed by atoms with Crippen LogP contribution in [0.1, 0.15) is 25.8 Å². The molecule has 2 aliphatic heterocycles. The predicted molar refractivity (Wildman–Crippen MR) is 125 cm³/mol. The number of carbonyl (C=O) groups is 2. The van der Waals surface area contributed by atoms with Gasteiger partial charge in [0.25, 0.3) is 0 Å². The maximum absolute atomic E-state index is 14.0. The molecule has 7 nitrogen and oxygen atoms in total. The van der Waals surface area contributed by atoms with Crippen molar-refractivity contribution in [3.63, 3.8) is 0 Å². The van der Waals surface area contributed by atoms with Crippen LogP contribution in [0.2, 0.25) is 0 Å². The Bertz CT molecular complexity index is 1180. The number of benzene rings is 2. The molecule has 1 saturated heterocycles. The second kappa shape index (κ2) is 9.13. The maximum atomic E-state index is 14.0. The van der Waals surface area contributed by atoms with Gasteiger partial charge < -0.3 is 14.7 Å². The molecule has 0 aromatic heterocycles. The molecule has 0 radical (unpaired) electrons. The Hall–Kier alpha value is -2.94. The van der Waals surface area contributed by atoms with Crippen LogP contribution in [-0.4, -0.2) is 63.1 Å². The molecule has 9 heteroatoms. The van der Waals surface area contributed by atoms with Gasteiger partial charge in [0.15, 0.2) is 9.84 Å². The highest BCUT2D eigenvalue weighted by Gasteiger charge is 2.31. The van der Waals surface area contributed by atoms with Gasteiger partial charge in [-0.05, 0) is 49.2 Å². The average molecular weight is 474 g/mol. The minimum atomic E-state index is -3.70. The van der Waals surface area contributed by atoms with Gasteiger partial charge in [-0.1, -0.05) is 12.1 Å². The summed E-state index contributed by atoms with van der Waals surface area (Å²) in [4.78, 5) is 29.9. The zero-order valence-corrected chi connectivity index (χ0v) is 19.6. The number of hydrogen-bond acceptors (Lipinski definition) is 5. The Morgan fingerprint density at radius 1 is 1.00 bits per heavy atom. The quantitative estimate of drug-likeness (QED) is 0.667. The van der Waals surface area contributed by atoms with Crippen molar-refractivity contribution in [3.05, 3.63) is 53.8 Å². The van der Waals surface area contributed by atoms with Gasteiger partial charge in [0, 0.05) is 51.8 Å². The Labute approximate surface area is 193 Å². The summed E-state index contributed by atoms with van der Waals surface area (Å²) < 4.78 is 40.3. The van der Waals surface area contributed by atoms with Gasteiger partial charge in [0.2, 0.25) is 11.8 Å². The monoisotopic (exact) mass is 473 g/mol. The molecule has 0 aliphatic carbocycles. The zero-order valence-electron chi connectivity index (χ0n) is 18.8. The first-order valence-corrected chi connectivity index (χ1v) is 12.7. The van der Waals surface area contributed by atoms with Gasteiger partial charge in [0.05, 0.1) is 15.8 Å². The molecule has 2 amide bonds. The van der Waals surface area contributed by atoms with E-state index in [2.05, 4.69) is 0 Å². The van der Waals surface area contributed by atoms with Crippen LogP contribution in [0.5, 0.6) is 0 Å². The molecule has 1 fully saturated rings. The van der Waals surface area contributed by atoms with Gasteiger partial charge in [0.1, 0.15) is 5.82 Å². The molecule has 176 valence electrons. The van der Waals surface area contributed by atoms with Gasteiger partial charge in [-0.15, -0.1) is 0 Å². The summed E-state index contributed by atoms with van der Waals surface area (Å²) in [7, 11) is -3.70. The van der Waals surface area contributed by atoms with Crippen LogP contribution in [0.3, 0.4) is 0 Å². The molecule has 4 rings (SSSR count). The first-order valence-electron chi connectivity index (χ1n) is 11.1. The Morgan fingerprint density at radius 2 is 1.70 bits per heavy atom. The number of rotatable bonds is 5. The molecule has 33 heavy (non-hydrogen) atoms. The molecule has 2 aliphatic rings. The third kappa shape index (κ3) is 4.59. The summed E-state index contributed by atoms with van der Waals surface area (Å²) in [6, 6.07) is 11.4. The molecule has 1 unspecified atom stereocenters. The summed E-state index contributed by atoms with van der Waals surface area (Å²) in [5.74, 6) is -0.584. The minimum Gasteiger partial charge on any atom is -0.366 e. The smallest absolute Gasteiger partial charge is 0.224 e. The zero-order chi connectivity index (χ0) is 23.8. The lowest BCUT2D eigenvalue weighted by atomic mass is 10.2. The van der Waals surface area contributed by atoms with Gasteiger partial charge >= 0.3 is 0 Å². The second-order valence-corrected chi connectivity index (χ2v) is 11.0. The number of fused-ring (bicyclic) bond motifs is 1. The van der Waals surface area contributed by atoms with E-state index in [0.717, 1.165) is 11.3 Å². The summed E-state index contributed by atoms with van der Waals surface area (Å²) in [5.41, 5.74) is 2.09. The topological polar surface area (TPSA) is 78.0 Å². The fraction of sp³-hybridized carbons (Fsp3) is 0.417. The molecule has 0 spiro atoms. The predicted octanol–water partition coefficient (Wildman–Crippen LogP) is 2.64. The highest BCUT2D eigenvalue weighted by molar-refractivity contribution is 7.92. The molecule has 2 aromatic carbocycles. The van der Waals surface area contributed by atoms with Crippen molar-refractivity contribution in [2.45, 2.75) is 36.8 Å². The largest absolute Gasteiger partial charge is 0.366 e. The van der Waals surface area contributed by atoms with Crippen LogP contribution in [0.15, 0.2) is 47.4 Å².